The van der Waals surface area contributed by atoms with Gasteiger partial charge in [-0.1, -0.05) is 0 Å². The molecule has 1 heterocycles. The van der Waals surface area contributed by atoms with Crippen LogP contribution >= 0.6 is 0 Å². The van der Waals surface area contributed by atoms with Crippen LogP contribution in [0.1, 0.15) is 26.3 Å². The molecule has 30 heavy (non-hydrogen) atoms. The summed E-state index contributed by atoms with van der Waals surface area (Å²) in [5, 5.41) is 3.07. The molecule has 2 rings (SSSR count). The quantitative estimate of drug-likeness (QED) is 0.464. The van der Waals surface area contributed by atoms with Gasteiger partial charge in [0.2, 0.25) is 5.88 Å². The van der Waals surface area contributed by atoms with Crippen molar-refractivity contribution in [3.63, 3.8) is 0 Å². The minimum absolute atomic E-state index is 0.0387. The van der Waals surface area contributed by atoms with E-state index in [9.17, 15) is 18.0 Å². The van der Waals surface area contributed by atoms with Crippen LogP contribution in [0.3, 0.4) is 0 Å². The summed E-state index contributed by atoms with van der Waals surface area (Å²) in [6, 6.07) is 8.54. The first-order valence-corrected chi connectivity index (χ1v) is 9.33. The first-order valence-electron chi connectivity index (χ1n) is 9.33. The second kappa shape index (κ2) is 10.5. The number of pyridine rings is 1. The van der Waals surface area contributed by atoms with Gasteiger partial charge in [-0.15, -0.1) is 0 Å². The topological polar surface area (TPSA) is 69.7 Å². The Morgan fingerprint density at radius 1 is 1.13 bits per heavy atom. The Balaban J connectivity index is 2.01. The monoisotopic (exact) mass is 424 g/mol. The number of nitrogens with one attached hydrogen (secondary N) is 1. The maximum Gasteiger partial charge on any atom is 0.417 e. The summed E-state index contributed by atoms with van der Waals surface area (Å²) in [7, 11) is 0. The van der Waals surface area contributed by atoms with Crippen LogP contribution < -0.4 is 14.8 Å². The van der Waals surface area contributed by atoms with Gasteiger partial charge in [-0.05, 0) is 51.1 Å². The minimum atomic E-state index is -4.45. The van der Waals surface area contributed by atoms with Crippen LogP contribution in [0.25, 0.3) is 0 Å². The highest BCUT2D eigenvalue weighted by molar-refractivity contribution is 5.82. The molecule has 1 atom stereocenters. The van der Waals surface area contributed by atoms with Crippen molar-refractivity contribution in [1.29, 1.82) is 0 Å². The number of benzene rings is 1. The lowest BCUT2D eigenvalue weighted by atomic mass is 10.2. The van der Waals surface area contributed by atoms with Crippen molar-refractivity contribution in [2.45, 2.75) is 33.1 Å². The molecule has 1 unspecified atom stereocenters. The number of nitrogens with zero attached hydrogens (tertiary/aromatic N) is 1. The number of ether oxygens (including phenoxy) is 3. The molecule has 0 amide bonds. The van der Waals surface area contributed by atoms with Gasteiger partial charge in [0, 0.05) is 24.9 Å². The van der Waals surface area contributed by atoms with E-state index in [1.54, 1.807) is 38.1 Å². The summed E-state index contributed by atoms with van der Waals surface area (Å²) in [4.78, 5) is 15.4. The number of likely N-dealkylation sites (N-methyl/N-ethyl adjacent to an activating group) is 1. The molecular weight excluding hydrogens is 401 g/mol. The molecule has 6 nitrogen and oxygen atoms in total. The van der Waals surface area contributed by atoms with Crippen LogP contribution in [0, 0.1) is 0 Å². The van der Waals surface area contributed by atoms with Crippen molar-refractivity contribution in [3.05, 3.63) is 59.9 Å². The Kier molecular flexibility index (Phi) is 8.08. The molecule has 0 bridgehead atoms. The fourth-order valence-corrected chi connectivity index (χ4v) is 2.41. The predicted molar refractivity (Wildman–Crippen MR) is 104 cm³/mol. The van der Waals surface area contributed by atoms with E-state index in [0.717, 1.165) is 12.1 Å². The number of halogens is 3. The highest BCUT2D eigenvalue weighted by Crippen LogP contribution is 2.30. The van der Waals surface area contributed by atoms with E-state index in [1.807, 2.05) is 6.92 Å². The van der Waals surface area contributed by atoms with Gasteiger partial charge in [0.1, 0.15) is 17.6 Å². The number of hydrogen-bond donors (Lipinski definition) is 1. The summed E-state index contributed by atoms with van der Waals surface area (Å²) >= 11 is 0. The van der Waals surface area contributed by atoms with Crippen molar-refractivity contribution < 1.29 is 32.2 Å². The van der Waals surface area contributed by atoms with Crippen LogP contribution in [-0.2, 0) is 15.7 Å². The predicted octanol–water partition coefficient (Wildman–Crippen LogP) is 4.72. The van der Waals surface area contributed by atoms with Crippen molar-refractivity contribution >= 4 is 5.97 Å². The van der Waals surface area contributed by atoms with Gasteiger partial charge in [-0.25, -0.2) is 9.78 Å². The zero-order valence-electron chi connectivity index (χ0n) is 16.8. The summed E-state index contributed by atoms with van der Waals surface area (Å²) in [5.41, 5.74) is -0.273. The molecule has 0 saturated carbocycles. The van der Waals surface area contributed by atoms with E-state index in [-0.39, 0.29) is 12.5 Å². The van der Waals surface area contributed by atoms with Crippen molar-refractivity contribution in [2.24, 2.45) is 0 Å². The average molecular weight is 424 g/mol. The third-order valence-corrected chi connectivity index (χ3v) is 3.80. The number of alkyl halides is 3. The molecular formula is C21H23F3N2O4. The molecule has 0 aliphatic rings. The zero-order valence-corrected chi connectivity index (χ0v) is 16.8. The lowest BCUT2D eigenvalue weighted by molar-refractivity contribution is -0.138. The molecule has 0 aliphatic carbocycles. The number of hydrogen-bond acceptors (Lipinski definition) is 6. The van der Waals surface area contributed by atoms with Crippen LogP contribution in [0.5, 0.6) is 17.4 Å². The largest absolute Gasteiger partial charge is 0.485 e. The molecule has 162 valence electrons. The molecule has 0 saturated heterocycles. The van der Waals surface area contributed by atoms with E-state index in [2.05, 4.69) is 10.3 Å². The number of carbonyl (C=O) groups is 1. The molecule has 0 spiro atoms. The minimum Gasteiger partial charge on any atom is -0.485 e. The van der Waals surface area contributed by atoms with Gasteiger partial charge in [-0.3, -0.25) is 0 Å². The Morgan fingerprint density at radius 3 is 2.33 bits per heavy atom. The summed E-state index contributed by atoms with van der Waals surface area (Å²) in [5.74, 6) is 0.479. The normalized spacial score (nSPS) is 12.8. The number of carbonyl (C=O) groups excluding carboxylic acids is 1. The highest BCUT2D eigenvalue weighted by Gasteiger charge is 2.30. The Morgan fingerprint density at radius 2 is 1.80 bits per heavy atom. The fourth-order valence-electron chi connectivity index (χ4n) is 2.41. The van der Waals surface area contributed by atoms with Gasteiger partial charge in [0.05, 0.1) is 17.9 Å². The van der Waals surface area contributed by atoms with Gasteiger partial charge < -0.3 is 19.5 Å². The SMILES string of the molecule is CCN/C(=C\C(=O)OCC)C(C)Oc1ccc(Oc2ccc(C(F)(F)F)cn2)cc1. The van der Waals surface area contributed by atoms with E-state index in [1.165, 1.54) is 6.08 Å². The van der Waals surface area contributed by atoms with Crippen LogP contribution in [0.2, 0.25) is 0 Å². The summed E-state index contributed by atoms with van der Waals surface area (Å²) < 4.78 is 53.9. The molecule has 0 aliphatic heterocycles. The van der Waals surface area contributed by atoms with E-state index in [0.29, 0.717) is 29.9 Å². The smallest absolute Gasteiger partial charge is 0.417 e. The molecule has 1 aromatic heterocycles. The summed E-state index contributed by atoms with van der Waals surface area (Å²) in [6.45, 7) is 6.28. The molecule has 2 aromatic rings. The maximum atomic E-state index is 12.6. The lowest BCUT2D eigenvalue weighted by Crippen LogP contribution is -2.27. The standard InChI is InChI=1S/C21H23F3N2O4/c1-4-25-18(12-20(27)28-5-2)14(3)29-16-7-9-17(10-8-16)30-19-11-6-15(13-26-19)21(22,23)24/h6-14,25H,4-5H2,1-3H3/b18-12-. The number of rotatable bonds is 9. The van der Waals surface area contributed by atoms with Crippen molar-refractivity contribution in [2.75, 3.05) is 13.2 Å². The highest BCUT2D eigenvalue weighted by atomic mass is 19.4. The third kappa shape index (κ3) is 6.98. The first-order chi connectivity index (χ1) is 14.2. The Hall–Kier alpha value is -3.23. The zero-order chi connectivity index (χ0) is 22.1. The van der Waals surface area contributed by atoms with E-state index in [4.69, 9.17) is 14.2 Å². The number of aromatic nitrogens is 1. The molecule has 1 N–H and O–H groups in total. The molecule has 1 aromatic carbocycles. The lowest BCUT2D eigenvalue weighted by Gasteiger charge is -2.19. The maximum absolute atomic E-state index is 12.6. The van der Waals surface area contributed by atoms with E-state index < -0.39 is 23.8 Å². The molecule has 9 heteroatoms. The van der Waals surface area contributed by atoms with Gasteiger partial charge in [0.15, 0.2) is 0 Å². The van der Waals surface area contributed by atoms with Crippen molar-refractivity contribution in [1.82, 2.24) is 10.3 Å². The second-order valence-corrected chi connectivity index (χ2v) is 6.10. The van der Waals surface area contributed by atoms with Gasteiger partial charge in [0.25, 0.3) is 0 Å². The Bertz CT molecular complexity index is 850. The van der Waals surface area contributed by atoms with Gasteiger partial charge >= 0.3 is 12.1 Å². The van der Waals surface area contributed by atoms with Crippen LogP contribution in [-0.4, -0.2) is 30.2 Å². The second-order valence-electron chi connectivity index (χ2n) is 6.10. The first kappa shape index (κ1) is 23.1. The fraction of sp³-hybridized carbons (Fsp3) is 0.333. The summed E-state index contributed by atoms with van der Waals surface area (Å²) in [6.07, 6.45) is -2.83. The third-order valence-electron chi connectivity index (χ3n) is 3.80. The van der Waals surface area contributed by atoms with E-state index >= 15 is 0 Å². The molecule has 0 radical (unpaired) electrons. The van der Waals surface area contributed by atoms with Crippen LogP contribution in [0.15, 0.2) is 54.4 Å². The Labute approximate surface area is 172 Å². The van der Waals surface area contributed by atoms with Crippen LogP contribution in [0.4, 0.5) is 13.2 Å². The number of esters is 1. The van der Waals surface area contributed by atoms with Crippen molar-refractivity contribution in [3.8, 4) is 17.4 Å². The average Bonchev–Trinajstić information content (AvgIpc) is 2.69. The molecule has 0 fully saturated rings. The van der Waals surface area contributed by atoms with Gasteiger partial charge in [-0.2, -0.15) is 13.2 Å².